The van der Waals surface area contributed by atoms with Crippen LogP contribution in [0.2, 0.25) is 0 Å². The molecule has 0 spiro atoms. The molecule has 0 radical (unpaired) electrons. The number of rotatable bonds is 4. The quantitative estimate of drug-likeness (QED) is 0.891. The first-order chi connectivity index (χ1) is 10.0. The van der Waals surface area contributed by atoms with E-state index in [2.05, 4.69) is 41.4 Å². The van der Waals surface area contributed by atoms with Gasteiger partial charge in [-0.25, -0.2) is 0 Å². The molecule has 1 aromatic rings. The highest BCUT2D eigenvalue weighted by molar-refractivity contribution is 5.81. The SMILES string of the molecule is CNC(=O)C1CCCCN1C(c1cccc(C)c1)C(C)N. The molecular weight excluding hydrogens is 262 g/mol. The normalized spacial score (nSPS) is 22.6. The number of nitrogens with zero attached hydrogens (tertiary/aromatic N) is 1. The first-order valence-corrected chi connectivity index (χ1v) is 7.84. The van der Waals surface area contributed by atoms with Crippen molar-refractivity contribution < 1.29 is 4.79 Å². The zero-order chi connectivity index (χ0) is 15.4. The van der Waals surface area contributed by atoms with Crippen LogP contribution in [0.1, 0.15) is 43.4 Å². The number of nitrogens with one attached hydrogen (secondary N) is 1. The number of amides is 1. The molecule has 0 aromatic heterocycles. The van der Waals surface area contributed by atoms with Gasteiger partial charge in [0.25, 0.3) is 0 Å². The second kappa shape index (κ2) is 7.05. The van der Waals surface area contributed by atoms with E-state index in [0.717, 1.165) is 25.8 Å². The highest BCUT2D eigenvalue weighted by Crippen LogP contribution is 2.31. The van der Waals surface area contributed by atoms with Gasteiger partial charge in [-0.15, -0.1) is 0 Å². The molecule has 1 aliphatic heterocycles. The first kappa shape index (κ1) is 16.0. The molecule has 4 heteroatoms. The van der Waals surface area contributed by atoms with Crippen molar-refractivity contribution in [2.75, 3.05) is 13.6 Å². The molecule has 1 amide bonds. The summed E-state index contributed by atoms with van der Waals surface area (Å²) in [7, 11) is 1.71. The largest absolute Gasteiger partial charge is 0.358 e. The van der Waals surface area contributed by atoms with Crippen LogP contribution in [-0.2, 0) is 4.79 Å². The molecule has 1 saturated heterocycles. The van der Waals surface area contributed by atoms with Crippen molar-refractivity contribution >= 4 is 5.91 Å². The van der Waals surface area contributed by atoms with E-state index in [4.69, 9.17) is 5.73 Å². The Morgan fingerprint density at radius 3 is 2.81 bits per heavy atom. The molecule has 1 aliphatic rings. The smallest absolute Gasteiger partial charge is 0.237 e. The van der Waals surface area contributed by atoms with Gasteiger partial charge in [-0.2, -0.15) is 0 Å². The Bertz CT molecular complexity index is 487. The average Bonchev–Trinajstić information content (AvgIpc) is 2.47. The number of benzene rings is 1. The molecule has 116 valence electrons. The van der Waals surface area contributed by atoms with Gasteiger partial charge in [0.05, 0.1) is 12.1 Å². The summed E-state index contributed by atoms with van der Waals surface area (Å²) in [5.41, 5.74) is 8.72. The standard InChI is InChI=1S/C17H27N3O/c1-12-7-6-8-14(11-12)16(13(2)18)20-10-5-4-9-15(20)17(21)19-3/h6-8,11,13,15-16H,4-5,9-10,18H2,1-3H3,(H,19,21). The van der Waals surface area contributed by atoms with Crippen LogP contribution in [0.4, 0.5) is 0 Å². The lowest BCUT2D eigenvalue weighted by Gasteiger charge is -2.42. The maximum absolute atomic E-state index is 12.2. The minimum atomic E-state index is -0.0692. The molecule has 3 N–H and O–H groups in total. The third-order valence-electron chi connectivity index (χ3n) is 4.33. The number of nitrogens with two attached hydrogens (primary N) is 1. The lowest BCUT2D eigenvalue weighted by Crippen LogP contribution is -2.53. The van der Waals surface area contributed by atoms with Gasteiger partial charge in [-0.05, 0) is 38.8 Å². The number of piperidine rings is 1. The van der Waals surface area contributed by atoms with Crippen molar-refractivity contribution in [3.05, 3.63) is 35.4 Å². The minimum Gasteiger partial charge on any atom is -0.358 e. The number of carbonyl (C=O) groups is 1. The van der Waals surface area contributed by atoms with E-state index in [1.807, 2.05) is 6.92 Å². The second-order valence-corrected chi connectivity index (χ2v) is 6.08. The van der Waals surface area contributed by atoms with Gasteiger partial charge in [-0.3, -0.25) is 9.69 Å². The Hall–Kier alpha value is -1.39. The molecule has 4 nitrogen and oxygen atoms in total. The monoisotopic (exact) mass is 289 g/mol. The van der Waals surface area contributed by atoms with Crippen LogP contribution < -0.4 is 11.1 Å². The molecule has 0 bridgehead atoms. The van der Waals surface area contributed by atoms with E-state index in [1.165, 1.54) is 11.1 Å². The maximum Gasteiger partial charge on any atom is 0.237 e. The molecule has 21 heavy (non-hydrogen) atoms. The van der Waals surface area contributed by atoms with E-state index in [9.17, 15) is 4.79 Å². The predicted octanol–water partition coefficient (Wildman–Crippen LogP) is 1.98. The van der Waals surface area contributed by atoms with Gasteiger partial charge in [0.2, 0.25) is 5.91 Å². The van der Waals surface area contributed by atoms with Crippen molar-refractivity contribution in [2.24, 2.45) is 5.73 Å². The fourth-order valence-corrected chi connectivity index (χ4v) is 3.39. The zero-order valence-corrected chi connectivity index (χ0v) is 13.3. The van der Waals surface area contributed by atoms with E-state index in [0.29, 0.717) is 0 Å². The molecule has 0 aliphatic carbocycles. The van der Waals surface area contributed by atoms with Crippen LogP contribution in [0, 0.1) is 6.92 Å². The summed E-state index contributed by atoms with van der Waals surface area (Å²) in [5.74, 6) is 0.105. The number of likely N-dealkylation sites (tertiary alicyclic amines) is 1. The Labute approximate surface area is 127 Å². The maximum atomic E-state index is 12.2. The lowest BCUT2D eigenvalue weighted by atomic mass is 9.92. The van der Waals surface area contributed by atoms with Crippen molar-refractivity contribution in [1.29, 1.82) is 0 Å². The molecule has 2 rings (SSSR count). The summed E-state index contributed by atoms with van der Waals surface area (Å²) < 4.78 is 0. The summed E-state index contributed by atoms with van der Waals surface area (Å²) in [4.78, 5) is 14.5. The summed E-state index contributed by atoms with van der Waals surface area (Å²) in [5, 5.41) is 2.80. The molecular formula is C17H27N3O. The summed E-state index contributed by atoms with van der Waals surface area (Å²) >= 11 is 0. The molecule has 1 heterocycles. The fourth-order valence-electron chi connectivity index (χ4n) is 3.39. The van der Waals surface area contributed by atoms with Crippen molar-refractivity contribution in [2.45, 2.75) is 51.2 Å². The minimum absolute atomic E-state index is 0.0166. The Balaban J connectivity index is 2.33. The Morgan fingerprint density at radius 2 is 2.19 bits per heavy atom. The summed E-state index contributed by atoms with van der Waals surface area (Å²) in [6.07, 6.45) is 3.14. The molecule has 3 atom stereocenters. The second-order valence-electron chi connectivity index (χ2n) is 6.08. The third-order valence-corrected chi connectivity index (χ3v) is 4.33. The van der Waals surface area contributed by atoms with Crippen LogP contribution in [0.5, 0.6) is 0 Å². The topological polar surface area (TPSA) is 58.4 Å². The van der Waals surface area contributed by atoms with E-state index in [1.54, 1.807) is 7.05 Å². The predicted molar refractivity (Wildman–Crippen MR) is 86.0 cm³/mol. The highest BCUT2D eigenvalue weighted by atomic mass is 16.2. The van der Waals surface area contributed by atoms with Crippen LogP contribution >= 0.6 is 0 Å². The third kappa shape index (κ3) is 3.63. The number of aryl methyl sites for hydroxylation is 1. The summed E-state index contributed by atoms with van der Waals surface area (Å²) in [6, 6.07) is 8.47. The summed E-state index contributed by atoms with van der Waals surface area (Å²) in [6.45, 7) is 5.05. The molecule has 1 aromatic carbocycles. The highest BCUT2D eigenvalue weighted by Gasteiger charge is 2.35. The van der Waals surface area contributed by atoms with Crippen LogP contribution in [0.25, 0.3) is 0 Å². The van der Waals surface area contributed by atoms with Crippen LogP contribution in [-0.4, -0.2) is 36.5 Å². The zero-order valence-electron chi connectivity index (χ0n) is 13.3. The van der Waals surface area contributed by atoms with Gasteiger partial charge >= 0.3 is 0 Å². The van der Waals surface area contributed by atoms with Gasteiger partial charge in [0.1, 0.15) is 0 Å². The van der Waals surface area contributed by atoms with Crippen molar-refractivity contribution in [3.8, 4) is 0 Å². The van der Waals surface area contributed by atoms with Crippen molar-refractivity contribution in [3.63, 3.8) is 0 Å². The van der Waals surface area contributed by atoms with E-state index in [-0.39, 0.29) is 24.0 Å². The number of hydrogen-bond acceptors (Lipinski definition) is 3. The number of likely N-dealkylation sites (N-methyl/N-ethyl adjacent to an activating group) is 1. The van der Waals surface area contributed by atoms with E-state index < -0.39 is 0 Å². The van der Waals surface area contributed by atoms with Gasteiger partial charge in [0.15, 0.2) is 0 Å². The lowest BCUT2D eigenvalue weighted by molar-refractivity contribution is -0.128. The number of carbonyl (C=O) groups excluding carboxylic acids is 1. The van der Waals surface area contributed by atoms with Crippen LogP contribution in [0.15, 0.2) is 24.3 Å². The van der Waals surface area contributed by atoms with Crippen LogP contribution in [0.3, 0.4) is 0 Å². The molecule has 1 fully saturated rings. The molecule has 0 saturated carbocycles. The average molecular weight is 289 g/mol. The van der Waals surface area contributed by atoms with Gasteiger partial charge < -0.3 is 11.1 Å². The first-order valence-electron chi connectivity index (χ1n) is 7.84. The Morgan fingerprint density at radius 1 is 1.43 bits per heavy atom. The van der Waals surface area contributed by atoms with Gasteiger partial charge in [-0.1, -0.05) is 36.2 Å². The van der Waals surface area contributed by atoms with E-state index >= 15 is 0 Å². The Kier molecular flexibility index (Phi) is 5.37. The van der Waals surface area contributed by atoms with Crippen molar-refractivity contribution in [1.82, 2.24) is 10.2 Å². The number of hydrogen-bond donors (Lipinski definition) is 2. The fraction of sp³-hybridized carbons (Fsp3) is 0.588. The molecule has 3 unspecified atom stereocenters. The van der Waals surface area contributed by atoms with Gasteiger partial charge in [0, 0.05) is 13.1 Å².